The van der Waals surface area contributed by atoms with E-state index in [1.165, 1.54) is 0 Å². The van der Waals surface area contributed by atoms with Crippen LogP contribution in [0.5, 0.6) is 11.5 Å². The van der Waals surface area contributed by atoms with Crippen molar-refractivity contribution in [3.63, 3.8) is 0 Å². The monoisotopic (exact) mass is 310 g/mol. The molecule has 21 heavy (non-hydrogen) atoms. The Morgan fingerprint density at radius 2 is 1.90 bits per heavy atom. The third-order valence-corrected chi connectivity index (χ3v) is 3.18. The second kappa shape index (κ2) is 7.90. The summed E-state index contributed by atoms with van der Waals surface area (Å²) in [6.45, 7) is 1.80. The molecule has 0 aliphatic carbocycles. The number of anilines is 1. The number of rotatable bonds is 8. The molecule has 0 aliphatic rings. The van der Waals surface area contributed by atoms with Crippen molar-refractivity contribution in [1.82, 2.24) is 4.98 Å². The molecule has 0 atom stereocenters. The van der Waals surface area contributed by atoms with Crippen LogP contribution < -0.4 is 14.8 Å². The molecule has 1 aromatic heterocycles. The summed E-state index contributed by atoms with van der Waals surface area (Å²) < 4.78 is 16.0. The highest BCUT2D eigenvalue weighted by Crippen LogP contribution is 2.34. The quantitative estimate of drug-likeness (QED) is 0.600. The van der Waals surface area contributed by atoms with Crippen molar-refractivity contribution in [2.75, 3.05) is 45.2 Å². The number of halogens is 1. The number of ether oxygens (including phenoxy) is 3. The third-order valence-electron chi connectivity index (χ3n) is 3.03. The van der Waals surface area contributed by atoms with E-state index in [0.29, 0.717) is 37.1 Å². The van der Waals surface area contributed by atoms with Crippen molar-refractivity contribution in [3.05, 3.63) is 24.4 Å². The first-order valence-electron chi connectivity index (χ1n) is 6.68. The van der Waals surface area contributed by atoms with Gasteiger partial charge in [-0.3, -0.25) is 0 Å². The van der Waals surface area contributed by atoms with Crippen LogP contribution in [0, 0.1) is 0 Å². The molecule has 6 heteroatoms. The maximum Gasteiger partial charge on any atom is 0.161 e. The fourth-order valence-corrected chi connectivity index (χ4v) is 2.15. The van der Waals surface area contributed by atoms with E-state index in [2.05, 4.69) is 10.3 Å². The number of fused-ring (bicyclic) bond motifs is 1. The first-order valence-corrected chi connectivity index (χ1v) is 7.22. The first-order chi connectivity index (χ1) is 10.3. The highest BCUT2D eigenvalue weighted by Gasteiger charge is 2.09. The summed E-state index contributed by atoms with van der Waals surface area (Å²) in [5.41, 5.74) is 0. The molecule has 114 valence electrons. The van der Waals surface area contributed by atoms with Gasteiger partial charge in [-0.05, 0) is 23.6 Å². The van der Waals surface area contributed by atoms with E-state index in [1.807, 2.05) is 18.2 Å². The summed E-state index contributed by atoms with van der Waals surface area (Å²) in [6.07, 6.45) is 1.76. The van der Waals surface area contributed by atoms with Crippen LogP contribution in [0.3, 0.4) is 0 Å². The highest BCUT2D eigenvalue weighted by molar-refractivity contribution is 6.17. The van der Waals surface area contributed by atoms with Gasteiger partial charge in [-0.25, -0.2) is 4.98 Å². The van der Waals surface area contributed by atoms with E-state index in [4.69, 9.17) is 25.8 Å². The molecule has 0 amide bonds. The van der Waals surface area contributed by atoms with Gasteiger partial charge in [0.05, 0.1) is 27.4 Å². The van der Waals surface area contributed by atoms with Gasteiger partial charge >= 0.3 is 0 Å². The molecule has 5 nitrogen and oxygen atoms in total. The fourth-order valence-electron chi connectivity index (χ4n) is 2.04. The van der Waals surface area contributed by atoms with Crippen molar-refractivity contribution in [2.24, 2.45) is 0 Å². The Labute approximate surface area is 129 Å². The molecule has 1 aromatic carbocycles. The zero-order valence-corrected chi connectivity index (χ0v) is 12.9. The largest absolute Gasteiger partial charge is 0.493 e. The molecule has 0 bridgehead atoms. The summed E-state index contributed by atoms with van der Waals surface area (Å²) >= 11 is 5.55. The second-order valence-corrected chi connectivity index (χ2v) is 4.69. The molecule has 0 spiro atoms. The maximum atomic E-state index is 5.55. The smallest absolute Gasteiger partial charge is 0.161 e. The van der Waals surface area contributed by atoms with Crippen LogP contribution >= 0.6 is 11.6 Å². The Morgan fingerprint density at radius 3 is 2.62 bits per heavy atom. The Hall–Kier alpha value is -1.72. The lowest BCUT2D eigenvalue weighted by atomic mass is 10.1. The Morgan fingerprint density at radius 1 is 1.14 bits per heavy atom. The average Bonchev–Trinajstić information content (AvgIpc) is 2.53. The molecule has 2 aromatic rings. The molecule has 0 unspecified atom stereocenters. The van der Waals surface area contributed by atoms with Gasteiger partial charge in [0, 0.05) is 24.0 Å². The second-order valence-electron chi connectivity index (χ2n) is 4.32. The first kappa shape index (κ1) is 15.7. The zero-order valence-electron chi connectivity index (χ0n) is 12.2. The molecule has 0 saturated heterocycles. The summed E-state index contributed by atoms with van der Waals surface area (Å²) in [5.74, 6) is 2.68. The molecule has 1 N–H and O–H groups in total. The number of nitrogens with one attached hydrogen (secondary N) is 1. The highest BCUT2D eigenvalue weighted by atomic mass is 35.5. The van der Waals surface area contributed by atoms with Gasteiger partial charge in [-0.2, -0.15) is 0 Å². The van der Waals surface area contributed by atoms with Crippen LogP contribution in [0.4, 0.5) is 5.82 Å². The number of hydrogen-bond donors (Lipinski definition) is 1. The van der Waals surface area contributed by atoms with E-state index < -0.39 is 0 Å². The summed E-state index contributed by atoms with van der Waals surface area (Å²) in [7, 11) is 3.24. The van der Waals surface area contributed by atoms with E-state index >= 15 is 0 Å². The molecule has 0 aliphatic heterocycles. The summed E-state index contributed by atoms with van der Waals surface area (Å²) in [5, 5.41) is 5.27. The number of hydrogen-bond acceptors (Lipinski definition) is 5. The van der Waals surface area contributed by atoms with Crippen LogP contribution in [-0.2, 0) is 4.74 Å². The molecular formula is C15H19ClN2O3. The van der Waals surface area contributed by atoms with E-state index in [1.54, 1.807) is 20.4 Å². The van der Waals surface area contributed by atoms with Gasteiger partial charge in [0.2, 0.25) is 0 Å². The minimum absolute atomic E-state index is 0.503. The van der Waals surface area contributed by atoms with Crippen LogP contribution in [0.1, 0.15) is 0 Å². The molecule has 2 rings (SSSR count). The third kappa shape index (κ3) is 3.89. The SMILES string of the molecule is COc1cc2ccnc(NCCOCCCl)c2cc1OC. The van der Waals surface area contributed by atoms with Crippen LogP contribution in [0.2, 0.25) is 0 Å². The number of nitrogens with zero attached hydrogens (tertiary/aromatic N) is 1. The van der Waals surface area contributed by atoms with Crippen LogP contribution in [0.25, 0.3) is 10.8 Å². The number of alkyl halides is 1. The minimum atomic E-state index is 0.503. The molecule has 1 heterocycles. The van der Waals surface area contributed by atoms with Gasteiger partial charge < -0.3 is 19.5 Å². The van der Waals surface area contributed by atoms with Gasteiger partial charge in [0.15, 0.2) is 11.5 Å². The van der Waals surface area contributed by atoms with E-state index in [-0.39, 0.29) is 0 Å². The van der Waals surface area contributed by atoms with Crippen molar-refractivity contribution >= 4 is 28.2 Å². The zero-order chi connectivity index (χ0) is 15.1. The molecule has 0 fully saturated rings. The minimum Gasteiger partial charge on any atom is -0.493 e. The number of aromatic nitrogens is 1. The van der Waals surface area contributed by atoms with Crippen molar-refractivity contribution in [2.45, 2.75) is 0 Å². The van der Waals surface area contributed by atoms with Gasteiger partial charge in [-0.15, -0.1) is 11.6 Å². The molecular weight excluding hydrogens is 292 g/mol. The standard InChI is InChI=1S/C15H19ClN2O3/c1-19-13-9-11-3-5-17-15(12(11)10-14(13)20-2)18-6-8-21-7-4-16/h3,5,9-10H,4,6-8H2,1-2H3,(H,17,18). The lowest BCUT2D eigenvalue weighted by molar-refractivity contribution is 0.160. The maximum absolute atomic E-state index is 5.55. The summed E-state index contributed by atoms with van der Waals surface area (Å²) in [6, 6.07) is 5.79. The molecule has 0 radical (unpaired) electrons. The van der Waals surface area contributed by atoms with Crippen LogP contribution in [-0.4, -0.2) is 44.8 Å². The summed E-state index contributed by atoms with van der Waals surface area (Å²) in [4.78, 5) is 4.37. The number of methoxy groups -OCH3 is 2. The Balaban J connectivity index is 2.19. The van der Waals surface area contributed by atoms with Crippen LogP contribution in [0.15, 0.2) is 24.4 Å². The number of benzene rings is 1. The predicted molar refractivity (Wildman–Crippen MR) is 84.9 cm³/mol. The fraction of sp³-hybridized carbons (Fsp3) is 0.400. The van der Waals surface area contributed by atoms with E-state index in [0.717, 1.165) is 16.6 Å². The van der Waals surface area contributed by atoms with Gasteiger partial charge in [0.25, 0.3) is 0 Å². The lowest BCUT2D eigenvalue weighted by Gasteiger charge is -2.12. The normalized spacial score (nSPS) is 10.6. The van der Waals surface area contributed by atoms with Gasteiger partial charge in [0.1, 0.15) is 5.82 Å². The topological polar surface area (TPSA) is 52.6 Å². The number of pyridine rings is 1. The molecule has 0 saturated carbocycles. The predicted octanol–water partition coefficient (Wildman–Crippen LogP) is 2.92. The van der Waals surface area contributed by atoms with Crippen molar-refractivity contribution in [3.8, 4) is 11.5 Å². The van der Waals surface area contributed by atoms with Crippen molar-refractivity contribution in [1.29, 1.82) is 0 Å². The van der Waals surface area contributed by atoms with E-state index in [9.17, 15) is 0 Å². The van der Waals surface area contributed by atoms with Crippen molar-refractivity contribution < 1.29 is 14.2 Å². The average molecular weight is 311 g/mol. The van der Waals surface area contributed by atoms with Gasteiger partial charge in [-0.1, -0.05) is 0 Å². The lowest BCUT2D eigenvalue weighted by Crippen LogP contribution is -2.11. The Bertz CT molecular complexity index is 592. The Kier molecular flexibility index (Phi) is 5.90.